The van der Waals surface area contributed by atoms with Crippen LogP contribution in [0.4, 0.5) is 8.78 Å². The Balaban J connectivity index is 2.87. The quantitative estimate of drug-likeness (QED) is 0.497. The molecule has 0 atom stereocenters. The van der Waals surface area contributed by atoms with Crippen LogP contribution in [0.15, 0.2) is 32.7 Å². The summed E-state index contributed by atoms with van der Waals surface area (Å²) in [6, 6.07) is 4.34. The first-order valence-corrected chi connectivity index (χ1v) is 6.71. The van der Waals surface area contributed by atoms with Crippen LogP contribution in [-0.4, -0.2) is 15.5 Å². The van der Waals surface area contributed by atoms with Gasteiger partial charge in [0.25, 0.3) is 5.56 Å². The van der Waals surface area contributed by atoms with Gasteiger partial charge >= 0.3 is 5.69 Å². The van der Waals surface area contributed by atoms with E-state index in [1.54, 1.807) is 12.3 Å². The highest BCUT2D eigenvalue weighted by Gasteiger charge is 2.17. The van der Waals surface area contributed by atoms with Crippen LogP contribution >= 0.6 is 11.8 Å². The molecule has 0 saturated carbocycles. The Labute approximate surface area is 121 Å². The fraction of sp³-hybridized carbons (Fsp3) is 0.0833. The third-order valence-electron chi connectivity index (χ3n) is 2.72. The van der Waals surface area contributed by atoms with Gasteiger partial charge in [0.1, 0.15) is 11.9 Å². The first-order chi connectivity index (χ1) is 9.90. The van der Waals surface area contributed by atoms with E-state index in [0.717, 1.165) is 17.8 Å². The fourth-order valence-corrected chi connectivity index (χ4v) is 2.28. The number of nitrogen functional groups attached to an aromatic ring is 1. The van der Waals surface area contributed by atoms with Crippen LogP contribution in [0.1, 0.15) is 5.56 Å². The van der Waals surface area contributed by atoms with Gasteiger partial charge in [-0.3, -0.25) is 4.79 Å². The van der Waals surface area contributed by atoms with Gasteiger partial charge in [0, 0.05) is 4.90 Å². The summed E-state index contributed by atoms with van der Waals surface area (Å²) in [6.07, 6.45) is 1.65. The van der Waals surface area contributed by atoms with Gasteiger partial charge in [-0.1, -0.05) is 0 Å². The van der Waals surface area contributed by atoms with E-state index in [2.05, 4.69) is 0 Å². The third-order valence-corrected chi connectivity index (χ3v) is 3.50. The number of thioether (sulfide) groups is 1. The molecule has 0 aliphatic heterocycles. The smallest absolute Gasteiger partial charge is 0.333 e. The van der Waals surface area contributed by atoms with Crippen LogP contribution in [0.2, 0.25) is 0 Å². The van der Waals surface area contributed by atoms with Crippen molar-refractivity contribution in [3.05, 3.63) is 56.4 Å². The number of hydrogen-bond acceptors (Lipinski definition) is 5. The summed E-state index contributed by atoms with van der Waals surface area (Å²) in [7, 11) is 0. The maximum Gasteiger partial charge on any atom is 0.356 e. The lowest BCUT2D eigenvalue weighted by Gasteiger charge is -2.10. The Morgan fingerprint density at radius 3 is 2.52 bits per heavy atom. The van der Waals surface area contributed by atoms with Gasteiger partial charge in [0.15, 0.2) is 0 Å². The van der Waals surface area contributed by atoms with Gasteiger partial charge in [-0.15, -0.1) is 11.8 Å². The largest absolute Gasteiger partial charge is 0.356 e. The Morgan fingerprint density at radius 1 is 1.29 bits per heavy atom. The summed E-state index contributed by atoms with van der Waals surface area (Å²) < 4.78 is 27.7. The Bertz CT molecular complexity index is 883. The molecule has 0 unspecified atom stereocenters. The molecule has 0 aliphatic rings. The lowest BCUT2D eigenvalue weighted by molar-refractivity contribution is 0.507. The zero-order valence-corrected chi connectivity index (χ0v) is 11.4. The summed E-state index contributed by atoms with van der Waals surface area (Å²) in [4.78, 5) is 23.9. The molecule has 0 saturated heterocycles. The molecule has 2 aromatic rings. The molecule has 0 aliphatic carbocycles. The highest BCUT2D eigenvalue weighted by atomic mass is 32.2. The maximum absolute atomic E-state index is 14.0. The molecule has 0 amide bonds. The predicted molar refractivity (Wildman–Crippen MR) is 72.9 cm³/mol. The highest BCUT2D eigenvalue weighted by Crippen LogP contribution is 2.24. The number of hydrogen-bond donors (Lipinski definition) is 1. The van der Waals surface area contributed by atoms with E-state index in [1.165, 1.54) is 6.07 Å². The number of nitrogens with zero attached hydrogens (tertiary/aromatic N) is 3. The van der Waals surface area contributed by atoms with E-state index < -0.39 is 28.7 Å². The lowest BCUT2D eigenvalue weighted by atomic mass is 10.2. The Kier molecular flexibility index (Phi) is 3.82. The molecule has 108 valence electrons. The van der Waals surface area contributed by atoms with Crippen molar-refractivity contribution < 1.29 is 8.78 Å². The standard InChI is InChI=1S/C12H8F2N4O2S/c1-21-9-3-8(7(13)2-6(9)5-15)17-11(19)4-10(14)18(16)12(17)20/h2-4H,16H2,1H3. The van der Waals surface area contributed by atoms with E-state index in [1.807, 2.05) is 0 Å². The molecule has 1 heterocycles. The van der Waals surface area contributed by atoms with Crippen molar-refractivity contribution in [2.75, 3.05) is 12.1 Å². The minimum Gasteiger partial charge on any atom is -0.333 e. The van der Waals surface area contributed by atoms with Gasteiger partial charge in [-0.2, -0.15) is 14.3 Å². The fourth-order valence-electron chi connectivity index (χ4n) is 1.72. The topological polar surface area (TPSA) is 93.8 Å². The molecule has 2 rings (SSSR count). The van der Waals surface area contributed by atoms with Crippen LogP contribution in [0.5, 0.6) is 0 Å². The molecule has 0 fully saturated rings. The molecule has 0 spiro atoms. The van der Waals surface area contributed by atoms with E-state index >= 15 is 0 Å². The average Bonchev–Trinajstić information content (AvgIpc) is 2.46. The number of aromatic nitrogens is 2. The number of benzene rings is 1. The first-order valence-electron chi connectivity index (χ1n) is 5.48. The number of nitriles is 1. The van der Waals surface area contributed by atoms with Crippen molar-refractivity contribution in [3.63, 3.8) is 0 Å². The van der Waals surface area contributed by atoms with Crippen LogP contribution in [0.3, 0.4) is 0 Å². The molecule has 6 nitrogen and oxygen atoms in total. The molecular formula is C12H8F2N4O2S. The van der Waals surface area contributed by atoms with E-state index in [0.29, 0.717) is 15.5 Å². The second kappa shape index (κ2) is 5.41. The minimum atomic E-state index is -1.24. The normalized spacial score (nSPS) is 10.4. The zero-order chi connectivity index (χ0) is 15.7. The van der Waals surface area contributed by atoms with Crippen LogP contribution in [0.25, 0.3) is 5.69 Å². The predicted octanol–water partition coefficient (Wildman–Crippen LogP) is 0.585. The molecule has 1 aromatic heterocycles. The molecule has 1 aromatic carbocycles. The Morgan fingerprint density at radius 2 is 1.95 bits per heavy atom. The average molecular weight is 310 g/mol. The van der Waals surface area contributed by atoms with Crippen molar-refractivity contribution >= 4 is 11.8 Å². The van der Waals surface area contributed by atoms with Gasteiger partial charge in [-0.05, 0) is 18.4 Å². The minimum absolute atomic E-state index is 0.0620. The summed E-state index contributed by atoms with van der Waals surface area (Å²) >= 11 is 1.14. The SMILES string of the molecule is CSc1cc(-n2c(=O)cc(F)n(N)c2=O)c(F)cc1C#N. The highest BCUT2D eigenvalue weighted by molar-refractivity contribution is 7.98. The van der Waals surface area contributed by atoms with Gasteiger partial charge in [0.2, 0.25) is 5.95 Å². The number of halogens is 2. The number of nitrogens with two attached hydrogens (primary N) is 1. The van der Waals surface area contributed by atoms with Crippen molar-refractivity contribution in [2.24, 2.45) is 0 Å². The van der Waals surface area contributed by atoms with Gasteiger partial charge in [0.05, 0.1) is 17.3 Å². The van der Waals surface area contributed by atoms with E-state index in [-0.39, 0.29) is 10.2 Å². The van der Waals surface area contributed by atoms with E-state index in [4.69, 9.17) is 11.1 Å². The second-order valence-corrected chi connectivity index (χ2v) is 4.76. The van der Waals surface area contributed by atoms with Crippen molar-refractivity contribution in [2.45, 2.75) is 4.90 Å². The first kappa shape index (κ1) is 14.8. The van der Waals surface area contributed by atoms with Gasteiger partial charge in [-0.25, -0.2) is 13.8 Å². The summed E-state index contributed by atoms with van der Waals surface area (Å²) in [5.74, 6) is 2.96. The van der Waals surface area contributed by atoms with E-state index in [9.17, 15) is 18.4 Å². The summed E-state index contributed by atoms with van der Waals surface area (Å²) in [6.45, 7) is 0. The maximum atomic E-state index is 14.0. The Hall–Kier alpha value is -2.60. The van der Waals surface area contributed by atoms with Crippen LogP contribution in [0, 0.1) is 23.1 Å². The summed E-state index contributed by atoms with van der Waals surface area (Å²) in [5, 5.41) is 8.89. The van der Waals surface area contributed by atoms with Crippen molar-refractivity contribution in [1.82, 2.24) is 9.24 Å². The molecule has 9 heteroatoms. The van der Waals surface area contributed by atoms with Gasteiger partial charge < -0.3 is 5.84 Å². The number of rotatable bonds is 2. The molecule has 0 bridgehead atoms. The third kappa shape index (κ3) is 2.41. The van der Waals surface area contributed by atoms with Crippen LogP contribution < -0.4 is 17.1 Å². The second-order valence-electron chi connectivity index (χ2n) is 3.91. The lowest BCUT2D eigenvalue weighted by Crippen LogP contribution is -2.43. The van der Waals surface area contributed by atoms with Crippen molar-refractivity contribution in [1.29, 1.82) is 5.26 Å². The summed E-state index contributed by atoms with van der Waals surface area (Å²) in [5.41, 5.74) is -2.62. The molecular weight excluding hydrogens is 302 g/mol. The van der Waals surface area contributed by atoms with Crippen LogP contribution in [-0.2, 0) is 0 Å². The molecule has 0 radical (unpaired) electrons. The zero-order valence-electron chi connectivity index (χ0n) is 10.6. The monoisotopic (exact) mass is 310 g/mol. The van der Waals surface area contributed by atoms with Crippen molar-refractivity contribution in [3.8, 4) is 11.8 Å². The molecule has 2 N–H and O–H groups in total. The molecule has 21 heavy (non-hydrogen) atoms.